The molecule has 0 saturated carbocycles. The van der Waals surface area contributed by atoms with Crippen LogP contribution in [0.2, 0.25) is 0 Å². The molecule has 1 fully saturated rings. The number of thiocarbonyl (C=S) groups is 1. The number of hydrogen-bond acceptors (Lipinski definition) is 3. The fourth-order valence-corrected chi connectivity index (χ4v) is 3.85. The van der Waals surface area contributed by atoms with Crippen LogP contribution in [-0.2, 0) is 11.3 Å². The second-order valence-electron chi connectivity index (χ2n) is 7.80. The molecule has 0 atom stereocenters. The zero-order valence-corrected chi connectivity index (χ0v) is 18.7. The van der Waals surface area contributed by atoms with Crippen molar-refractivity contribution in [2.45, 2.75) is 58.9 Å². The van der Waals surface area contributed by atoms with Gasteiger partial charge in [0.2, 0.25) is 0 Å². The van der Waals surface area contributed by atoms with E-state index in [0.29, 0.717) is 0 Å². The highest BCUT2D eigenvalue weighted by molar-refractivity contribution is 7.80. The molecule has 1 saturated heterocycles. The molecule has 5 heteroatoms. The summed E-state index contributed by atoms with van der Waals surface area (Å²) in [5, 5.41) is 4.42. The highest BCUT2D eigenvalue weighted by Crippen LogP contribution is 2.12. The lowest BCUT2D eigenvalue weighted by atomic mass is 10.1. The lowest BCUT2D eigenvalue weighted by molar-refractivity contribution is 0.0367. The van der Waals surface area contributed by atoms with Gasteiger partial charge in [-0.2, -0.15) is 0 Å². The van der Waals surface area contributed by atoms with Crippen molar-refractivity contribution in [3.05, 3.63) is 35.4 Å². The average Bonchev–Trinajstić information content (AvgIpc) is 2.72. The second kappa shape index (κ2) is 13.9. The Morgan fingerprint density at radius 3 is 2.61 bits per heavy atom. The Labute approximate surface area is 177 Å². The molecular formula is C23H39N3OS. The van der Waals surface area contributed by atoms with Crippen LogP contribution in [0.1, 0.15) is 56.6 Å². The minimum absolute atomic E-state index is 0.866. The molecule has 2 rings (SSSR count). The molecule has 1 heterocycles. The average molecular weight is 406 g/mol. The van der Waals surface area contributed by atoms with Gasteiger partial charge in [-0.1, -0.05) is 56.9 Å². The molecule has 1 aromatic carbocycles. The first-order valence-corrected chi connectivity index (χ1v) is 11.5. The third-order valence-electron chi connectivity index (χ3n) is 5.47. The molecule has 0 radical (unpaired) electrons. The molecule has 1 aliphatic rings. The van der Waals surface area contributed by atoms with Gasteiger partial charge in [0.25, 0.3) is 0 Å². The summed E-state index contributed by atoms with van der Waals surface area (Å²) in [5.41, 5.74) is 2.70. The van der Waals surface area contributed by atoms with E-state index in [-0.39, 0.29) is 0 Å². The molecule has 28 heavy (non-hydrogen) atoms. The Morgan fingerprint density at radius 1 is 1.11 bits per heavy atom. The standard InChI is InChI=1S/C23H39N3OS/c1-3-4-5-6-9-13-24-23(28)26(20-22-12-8-7-11-21(22)2)15-10-14-25-16-18-27-19-17-25/h7-8,11-12H,3-6,9-10,13-20H2,1-2H3,(H,24,28). The maximum absolute atomic E-state index is 5.77. The highest BCUT2D eigenvalue weighted by Gasteiger charge is 2.14. The molecule has 0 spiro atoms. The highest BCUT2D eigenvalue weighted by atomic mass is 32.1. The van der Waals surface area contributed by atoms with E-state index < -0.39 is 0 Å². The van der Waals surface area contributed by atoms with Gasteiger partial charge in [-0.25, -0.2) is 0 Å². The zero-order chi connectivity index (χ0) is 20.0. The van der Waals surface area contributed by atoms with Crippen LogP contribution in [0.3, 0.4) is 0 Å². The maximum atomic E-state index is 5.77. The van der Waals surface area contributed by atoms with Crippen molar-refractivity contribution in [3.8, 4) is 0 Å². The molecule has 0 unspecified atom stereocenters. The third-order valence-corrected chi connectivity index (χ3v) is 5.87. The van der Waals surface area contributed by atoms with Crippen molar-refractivity contribution in [2.24, 2.45) is 0 Å². The minimum Gasteiger partial charge on any atom is -0.379 e. The molecule has 0 aromatic heterocycles. The van der Waals surface area contributed by atoms with Gasteiger partial charge in [0.1, 0.15) is 0 Å². The van der Waals surface area contributed by atoms with Gasteiger partial charge in [0, 0.05) is 39.3 Å². The Hall–Kier alpha value is -1.17. The minimum atomic E-state index is 0.866. The topological polar surface area (TPSA) is 27.7 Å². The molecule has 1 aromatic rings. The summed E-state index contributed by atoms with van der Waals surface area (Å²) >= 11 is 5.77. The third kappa shape index (κ3) is 8.89. The van der Waals surface area contributed by atoms with Crippen LogP contribution in [0, 0.1) is 6.92 Å². The van der Waals surface area contributed by atoms with Crippen LogP contribution in [0.15, 0.2) is 24.3 Å². The number of morpholine rings is 1. The number of hydrogen-bond donors (Lipinski definition) is 1. The second-order valence-corrected chi connectivity index (χ2v) is 8.19. The summed E-state index contributed by atoms with van der Waals surface area (Å²) in [7, 11) is 0. The SMILES string of the molecule is CCCCCCCNC(=S)N(CCCN1CCOCC1)Cc1ccccc1C. The first kappa shape index (κ1) is 23.1. The van der Waals surface area contributed by atoms with Crippen LogP contribution in [0.5, 0.6) is 0 Å². The number of rotatable bonds is 12. The zero-order valence-electron chi connectivity index (χ0n) is 17.9. The van der Waals surface area contributed by atoms with E-state index in [4.69, 9.17) is 17.0 Å². The number of ether oxygens (including phenoxy) is 1. The number of nitrogens with one attached hydrogen (secondary N) is 1. The number of aryl methyl sites for hydroxylation is 1. The Balaban J connectivity index is 1.81. The lowest BCUT2D eigenvalue weighted by Gasteiger charge is -2.30. The first-order chi connectivity index (χ1) is 13.7. The van der Waals surface area contributed by atoms with Crippen molar-refractivity contribution < 1.29 is 4.74 Å². The van der Waals surface area contributed by atoms with Gasteiger partial charge in [0.05, 0.1) is 13.2 Å². The summed E-state index contributed by atoms with van der Waals surface area (Å²) < 4.78 is 5.45. The van der Waals surface area contributed by atoms with Gasteiger partial charge in [0.15, 0.2) is 5.11 Å². The van der Waals surface area contributed by atoms with Gasteiger partial charge in [-0.05, 0) is 43.1 Å². The Bertz CT molecular complexity index is 561. The van der Waals surface area contributed by atoms with E-state index in [9.17, 15) is 0 Å². The molecule has 4 nitrogen and oxygen atoms in total. The van der Waals surface area contributed by atoms with Gasteiger partial charge < -0.3 is 15.0 Å². The largest absolute Gasteiger partial charge is 0.379 e. The fraction of sp³-hybridized carbons (Fsp3) is 0.696. The normalized spacial score (nSPS) is 14.8. The van der Waals surface area contributed by atoms with Crippen molar-refractivity contribution in [1.29, 1.82) is 0 Å². The Morgan fingerprint density at radius 2 is 1.86 bits per heavy atom. The van der Waals surface area contributed by atoms with Crippen LogP contribution >= 0.6 is 12.2 Å². The van der Waals surface area contributed by atoms with E-state index in [0.717, 1.165) is 64.0 Å². The fourth-order valence-electron chi connectivity index (χ4n) is 3.59. The Kier molecular flexibility index (Phi) is 11.5. The van der Waals surface area contributed by atoms with Gasteiger partial charge >= 0.3 is 0 Å². The van der Waals surface area contributed by atoms with Crippen molar-refractivity contribution in [1.82, 2.24) is 15.1 Å². The van der Waals surface area contributed by atoms with Crippen LogP contribution in [0.4, 0.5) is 0 Å². The molecule has 1 aliphatic heterocycles. The summed E-state index contributed by atoms with van der Waals surface area (Å²) in [6.07, 6.45) is 7.58. The van der Waals surface area contributed by atoms with E-state index in [1.54, 1.807) is 0 Å². The predicted octanol–water partition coefficient (Wildman–Crippen LogP) is 4.36. The lowest BCUT2D eigenvalue weighted by Crippen LogP contribution is -2.42. The molecule has 0 bridgehead atoms. The smallest absolute Gasteiger partial charge is 0.169 e. The molecule has 0 amide bonds. The number of benzene rings is 1. The van der Waals surface area contributed by atoms with Crippen molar-refractivity contribution in [3.63, 3.8) is 0 Å². The molecular weight excluding hydrogens is 366 g/mol. The summed E-state index contributed by atoms with van der Waals surface area (Å²) in [6.45, 7) is 12.3. The molecule has 0 aliphatic carbocycles. The van der Waals surface area contributed by atoms with Crippen LogP contribution in [-0.4, -0.2) is 60.8 Å². The summed E-state index contributed by atoms with van der Waals surface area (Å²) in [6, 6.07) is 8.63. The van der Waals surface area contributed by atoms with Crippen molar-refractivity contribution >= 4 is 17.3 Å². The van der Waals surface area contributed by atoms with Crippen molar-refractivity contribution in [2.75, 3.05) is 45.9 Å². The molecule has 1 N–H and O–H groups in total. The summed E-state index contributed by atoms with van der Waals surface area (Å²) in [4.78, 5) is 4.85. The number of nitrogens with zero attached hydrogens (tertiary/aromatic N) is 2. The van der Waals surface area contributed by atoms with Gasteiger partial charge in [-0.3, -0.25) is 4.90 Å². The van der Waals surface area contributed by atoms with Crippen LogP contribution in [0.25, 0.3) is 0 Å². The predicted molar refractivity (Wildman–Crippen MR) is 123 cm³/mol. The van der Waals surface area contributed by atoms with E-state index in [1.807, 2.05) is 0 Å². The van der Waals surface area contributed by atoms with E-state index in [2.05, 4.69) is 53.2 Å². The van der Waals surface area contributed by atoms with E-state index >= 15 is 0 Å². The molecule has 158 valence electrons. The maximum Gasteiger partial charge on any atom is 0.169 e. The monoisotopic (exact) mass is 405 g/mol. The summed E-state index contributed by atoms with van der Waals surface area (Å²) in [5.74, 6) is 0. The quantitative estimate of drug-likeness (QED) is 0.412. The number of unbranched alkanes of at least 4 members (excludes halogenated alkanes) is 4. The van der Waals surface area contributed by atoms with E-state index in [1.165, 1.54) is 43.2 Å². The first-order valence-electron chi connectivity index (χ1n) is 11.1. The van der Waals surface area contributed by atoms with Gasteiger partial charge in [-0.15, -0.1) is 0 Å². The van der Waals surface area contributed by atoms with Crippen LogP contribution < -0.4 is 5.32 Å².